The first-order valence-corrected chi connectivity index (χ1v) is 6.97. The van der Waals surface area contributed by atoms with Gasteiger partial charge in [0.2, 0.25) is 0 Å². The Morgan fingerprint density at radius 1 is 1.18 bits per heavy atom. The van der Waals surface area contributed by atoms with Gasteiger partial charge in [-0.05, 0) is 19.3 Å². The van der Waals surface area contributed by atoms with E-state index in [2.05, 4.69) is 12.2 Å². The molecule has 17 heavy (non-hydrogen) atoms. The highest BCUT2D eigenvalue weighted by atomic mass is 15.0. The predicted octanol–water partition coefficient (Wildman–Crippen LogP) is 2.69. The molecule has 0 unspecified atom stereocenters. The highest BCUT2D eigenvalue weighted by Crippen LogP contribution is 2.33. The van der Waals surface area contributed by atoms with Gasteiger partial charge in [0.15, 0.2) is 0 Å². The van der Waals surface area contributed by atoms with Crippen molar-refractivity contribution in [2.45, 2.75) is 64.5 Å². The predicted molar refractivity (Wildman–Crippen MR) is 67.8 cm³/mol. The molecule has 0 saturated heterocycles. The Balaban J connectivity index is 1.96. The molecule has 2 aliphatic rings. The lowest BCUT2D eigenvalue weighted by Crippen LogP contribution is -2.08. The Hall–Kier alpha value is -0.960. The fourth-order valence-electron chi connectivity index (χ4n) is 3.07. The lowest BCUT2D eigenvalue weighted by molar-refractivity contribution is 0.650. The van der Waals surface area contributed by atoms with Gasteiger partial charge in [-0.3, -0.25) is 0 Å². The van der Waals surface area contributed by atoms with E-state index in [9.17, 15) is 0 Å². The summed E-state index contributed by atoms with van der Waals surface area (Å²) in [5.74, 6) is 1.77. The molecule has 1 fully saturated rings. The lowest BCUT2D eigenvalue weighted by Gasteiger charge is -2.12. The molecule has 3 heteroatoms. The van der Waals surface area contributed by atoms with E-state index in [1.54, 1.807) is 0 Å². The normalized spacial score (nSPS) is 19.8. The van der Waals surface area contributed by atoms with Crippen molar-refractivity contribution in [3.63, 3.8) is 0 Å². The molecule has 1 N–H and O–H groups in total. The van der Waals surface area contributed by atoms with Crippen molar-refractivity contribution in [1.29, 1.82) is 0 Å². The zero-order valence-corrected chi connectivity index (χ0v) is 10.6. The summed E-state index contributed by atoms with van der Waals surface area (Å²) in [6.45, 7) is 4.13. The number of nitrogens with zero attached hydrogens (tertiary/aromatic N) is 2. The first-order chi connectivity index (χ1) is 8.38. The number of nitrogens with one attached hydrogen (secondary N) is 1. The van der Waals surface area contributed by atoms with Crippen LogP contribution in [0.1, 0.15) is 67.7 Å². The SMILES string of the molecule is CCCc1nc(C2CCCC2)nc2c1CNC2. The molecule has 0 amide bonds. The maximum atomic E-state index is 4.86. The minimum atomic E-state index is 0.636. The molecule has 1 saturated carbocycles. The fourth-order valence-corrected chi connectivity index (χ4v) is 3.07. The largest absolute Gasteiger partial charge is 0.307 e. The molecule has 1 aromatic heterocycles. The second-order valence-corrected chi connectivity index (χ2v) is 5.29. The van der Waals surface area contributed by atoms with Gasteiger partial charge < -0.3 is 5.32 Å². The Kier molecular flexibility index (Phi) is 3.10. The first kappa shape index (κ1) is 11.1. The number of aromatic nitrogens is 2. The molecule has 0 bridgehead atoms. The summed E-state index contributed by atoms with van der Waals surface area (Å²) in [4.78, 5) is 9.67. The third kappa shape index (κ3) is 2.08. The van der Waals surface area contributed by atoms with Crippen LogP contribution in [-0.2, 0) is 19.5 Å². The summed E-state index contributed by atoms with van der Waals surface area (Å²) in [5.41, 5.74) is 3.96. The molecular formula is C14H21N3. The van der Waals surface area contributed by atoms with Gasteiger partial charge in [-0.1, -0.05) is 26.2 Å². The van der Waals surface area contributed by atoms with Crippen LogP contribution < -0.4 is 5.32 Å². The van der Waals surface area contributed by atoms with E-state index in [1.165, 1.54) is 49.1 Å². The summed E-state index contributed by atoms with van der Waals surface area (Å²) in [6.07, 6.45) is 7.56. The van der Waals surface area contributed by atoms with Crippen molar-refractivity contribution in [2.75, 3.05) is 0 Å². The Morgan fingerprint density at radius 2 is 2.00 bits per heavy atom. The van der Waals surface area contributed by atoms with E-state index in [0.29, 0.717) is 5.92 Å². The first-order valence-electron chi connectivity index (χ1n) is 6.97. The molecule has 1 aromatic rings. The summed E-state index contributed by atoms with van der Waals surface area (Å²) in [7, 11) is 0. The zero-order valence-electron chi connectivity index (χ0n) is 10.6. The molecular weight excluding hydrogens is 210 g/mol. The standard InChI is InChI=1S/C14H21N3/c1-2-5-12-11-8-15-9-13(11)17-14(16-12)10-6-3-4-7-10/h10,15H,2-9H2,1H3. The third-order valence-electron chi connectivity index (χ3n) is 4.00. The van der Waals surface area contributed by atoms with Gasteiger partial charge in [-0.25, -0.2) is 9.97 Å². The van der Waals surface area contributed by atoms with Crippen molar-refractivity contribution < 1.29 is 0 Å². The Labute approximate surface area is 103 Å². The Bertz CT molecular complexity index is 408. The van der Waals surface area contributed by atoms with Crippen LogP contribution >= 0.6 is 0 Å². The maximum Gasteiger partial charge on any atom is 0.132 e. The number of aryl methyl sites for hydroxylation is 1. The third-order valence-corrected chi connectivity index (χ3v) is 4.00. The van der Waals surface area contributed by atoms with Crippen LogP contribution in [0.25, 0.3) is 0 Å². The molecule has 3 rings (SSSR count). The zero-order chi connectivity index (χ0) is 11.7. The van der Waals surface area contributed by atoms with E-state index in [0.717, 1.165) is 25.3 Å². The van der Waals surface area contributed by atoms with Crippen molar-refractivity contribution in [2.24, 2.45) is 0 Å². The highest BCUT2D eigenvalue weighted by Gasteiger charge is 2.24. The van der Waals surface area contributed by atoms with Gasteiger partial charge in [-0.2, -0.15) is 0 Å². The molecule has 1 aliphatic carbocycles. The van der Waals surface area contributed by atoms with E-state index in [-0.39, 0.29) is 0 Å². The quantitative estimate of drug-likeness (QED) is 0.869. The van der Waals surface area contributed by atoms with Gasteiger partial charge in [0.05, 0.1) is 5.69 Å². The lowest BCUT2D eigenvalue weighted by atomic mass is 10.0. The van der Waals surface area contributed by atoms with Gasteiger partial charge in [-0.15, -0.1) is 0 Å². The van der Waals surface area contributed by atoms with Crippen LogP contribution in [0.5, 0.6) is 0 Å². The summed E-state index contributed by atoms with van der Waals surface area (Å²) < 4.78 is 0. The summed E-state index contributed by atoms with van der Waals surface area (Å²) in [6, 6.07) is 0. The van der Waals surface area contributed by atoms with Crippen LogP contribution in [0, 0.1) is 0 Å². The molecule has 0 aromatic carbocycles. The van der Waals surface area contributed by atoms with Gasteiger partial charge in [0.1, 0.15) is 5.82 Å². The van der Waals surface area contributed by atoms with Gasteiger partial charge in [0.25, 0.3) is 0 Å². The van der Waals surface area contributed by atoms with Gasteiger partial charge in [0, 0.05) is 30.3 Å². The Morgan fingerprint density at radius 3 is 2.76 bits per heavy atom. The summed E-state index contributed by atoms with van der Waals surface area (Å²) in [5, 5.41) is 3.40. The number of hydrogen-bond donors (Lipinski definition) is 1. The number of rotatable bonds is 3. The topological polar surface area (TPSA) is 37.8 Å². The monoisotopic (exact) mass is 231 g/mol. The average molecular weight is 231 g/mol. The average Bonchev–Trinajstić information content (AvgIpc) is 3.00. The van der Waals surface area contributed by atoms with Crippen LogP contribution in [0.2, 0.25) is 0 Å². The number of hydrogen-bond acceptors (Lipinski definition) is 3. The second kappa shape index (κ2) is 4.73. The molecule has 0 radical (unpaired) electrons. The van der Waals surface area contributed by atoms with Crippen LogP contribution in [0.15, 0.2) is 0 Å². The highest BCUT2D eigenvalue weighted by molar-refractivity contribution is 5.30. The molecule has 92 valence electrons. The summed E-state index contributed by atoms with van der Waals surface area (Å²) >= 11 is 0. The van der Waals surface area contributed by atoms with Crippen LogP contribution in [0.3, 0.4) is 0 Å². The maximum absolute atomic E-state index is 4.86. The van der Waals surface area contributed by atoms with E-state index >= 15 is 0 Å². The molecule has 0 atom stereocenters. The molecule has 0 spiro atoms. The van der Waals surface area contributed by atoms with Crippen molar-refractivity contribution in [3.05, 3.63) is 22.8 Å². The van der Waals surface area contributed by atoms with Gasteiger partial charge >= 0.3 is 0 Å². The minimum absolute atomic E-state index is 0.636. The van der Waals surface area contributed by atoms with Crippen molar-refractivity contribution in [1.82, 2.24) is 15.3 Å². The van der Waals surface area contributed by atoms with E-state index in [4.69, 9.17) is 9.97 Å². The van der Waals surface area contributed by atoms with Crippen molar-refractivity contribution >= 4 is 0 Å². The van der Waals surface area contributed by atoms with Crippen LogP contribution in [0.4, 0.5) is 0 Å². The smallest absolute Gasteiger partial charge is 0.132 e. The number of fused-ring (bicyclic) bond motifs is 1. The van der Waals surface area contributed by atoms with Crippen molar-refractivity contribution in [3.8, 4) is 0 Å². The van der Waals surface area contributed by atoms with E-state index < -0.39 is 0 Å². The van der Waals surface area contributed by atoms with Crippen LogP contribution in [-0.4, -0.2) is 9.97 Å². The van der Waals surface area contributed by atoms with E-state index in [1.807, 2.05) is 0 Å². The minimum Gasteiger partial charge on any atom is -0.307 e. The second-order valence-electron chi connectivity index (χ2n) is 5.29. The molecule has 1 aliphatic heterocycles. The molecule has 3 nitrogen and oxygen atoms in total. The molecule has 2 heterocycles. The fraction of sp³-hybridized carbons (Fsp3) is 0.714.